The summed E-state index contributed by atoms with van der Waals surface area (Å²) >= 11 is 3.59. The van der Waals surface area contributed by atoms with Crippen molar-refractivity contribution in [3.63, 3.8) is 0 Å². The van der Waals surface area contributed by atoms with Gasteiger partial charge in [-0.2, -0.15) is 0 Å². The van der Waals surface area contributed by atoms with Gasteiger partial charge in [-0.3, -0.25) is 18.7 Å². The topological polar surface area (TPSA) is 80.7 Å². The van der Waals surface area contributed by atoms with Gasteiger partial charge in [0.05, 0.1) is 16.6 Å². The minimum atomic E-state index is -1.71. The van der Waals surface area contributed by atoms with Gasteiger partial charge in [0.1, 0.15) is 12.2 Å². The molecule has 1 aromatic carbocycles. The number of benzene rings is 1. The van der Waals surface area contributed by atoms with E-state index in [-0.39, 0.29) is 22.9 Å². The molecule has 1 amide bonds. The quantitative estimate of drug-likeness (QED) is 0.191. The Hall–Kier alpha value is -2.33. The number of aryl methyl sites for hydroxylation is 1. The molecule has 3 fully saturated rings. The number of carbonyl (C=O) groups is 1. The van der Waals surface area contributed by atoms with Crippen molar-refractivity contribution in [1.82, 2.24) is 33.5 Å². The third kappa shape index (κ3) is 5.14. The van der Waals surface area contributed by atoms with Gasteiger partial charge >= 0.3 is 5.69 Å². The van der Waals surface area contributed by atoms with Gasteiger partial charge in [-0.15, -0.1) is 10.2 Å². The summed E-state index contributed by atoms with van der Waals surface area (Å²) in [5.41, 5.74) is 3.13. The highest BCUT2D eigenvalue weighted by Gasteiger charge is 2.49. The van der Waals surface area contributed by atoms with E-state index >= 15 is 4.39 Å². The van der Waals surface area contributed by atoms with Crippen LogP contribution in [0.4, 0.5) is 4.39 Å². The van der Waals surface area contributed by atoms with Gasteiger partial charge in [0.2, 0.25) is 7.59 Å². The van der Waals surface area contributed by atoms with Crippen molar-refractivity contribution in [3.8, 4) is 5.69 Å². The van der Waals surface area contributed by atoms with Crippen LogP contribution in [0.3, 0.4) is 0 Å². The zero-order valence-electron chi connectivity index (χ0n) is 24.2. The predicted octanol–water partition coefficient (Wildman–Crippen LogP) is 5.15. The number of likely N-dealkylation sites (tertiary alicyclic amines) is 2. The number of carbonyl (C=O) groups excluding carboxylic acids is 1. The zero-order valence-corrected chi connectivity index (χ0v) is 28.5. The molecule has 1 saturated carbocycles. The van der Waals surface area contributed by atoms with Crippen LogP contribution >= 0.6 is 45.2 Å². The molecule has 2 aliphatic heterocycles. The highest BCUT2D eigenvalue weighted by Crippen LogP contribution is 2.45. The van der Waals surface area contributed by atoms with Gasteiger partial charge in [-0.05, 0) is 113 Å². The molecule has 1 aliphatic carbocycles. The second-order valence-corrected chi connectivity index (χ2v) is 17.6. The molecule has 2 saturated heterocycles. The van der Waals surface area contributed by atoms with Crippen molar-refractivity contribution in [2.75, 3.05) is 26.7 Å². The normalized spacial score (nSPS) is 22.3. The molecule has 7 rings (SSSR count). The number of aromatic nitrogens is 5. The first-order chi connectivity index (χ1) is 20.5. The predicted molar refractivity (Wildman–Crippen MR) is 179 cm³/mol. The van der Waals surface area contributed by atoms with Crippen LogP contribution in [0.25, 0.3) is 11.2 Å². The second kappa shape index (κ2) is 10.9. The van der Waals surface area contributed by atoms with Gasteiger partial charge in [0, 0.05) is 57.6 Å². The average molecular weight is 809 g/mol. The van der Waals surface area contributed by atoms with E-state index in [1.165, 1.54) is 6.42 Å². The number of fused-ring (bicyclic) bond motifs is 1. The summed E-state index contributed by atoms with van der Waals surface area (Å²) in [6.45, 7) is 2.84. The molecule has 0 N–H and O–H groups in total. The Balaban J connectivity index is 1.25. The monoisotopic (exact) mass is 809 g/mol. The number of alkyl halides is 3. The molecule has 3 aliphatic rings. The molecule has 4 aromatic rings. The Morgan fingerprint density at radius 2 is 1.91 bits per heavy atom. The summed E-state index contributed by atoms with van der Waals surface area (Å²) in [6, 6.07) is 9.95. The number of halogens is 3. The summed E-state index contributed by atoms with van der Waals surface area (Å²) in [7, 11) is 3.84. The van der Waals surface area contributed by atoms with Gasteiger partial charge in [-0.25, -0.2) is 9.18 Å². The van der Waals surface area contributed by atoms with E-state index in [4.69, 9.17) is 0 Å². The van der Waals surface area contributed by atoms with Crippen LogP contribution in [0.1, 0.15) is 60.5 Å². The van der Waals surface area contributed by atoms with Crippen LogP contribution in [0.15, 0.2) is 53.8 Å². The maximum atomic E-state index is 15.7. The highest BCUT2D eigenvalue weighted by molar-refractivity contribution is 14.2. The zero-order chi connectivity index (χ0) is 30.1. The Labute approximate surface area is 276 Å². The van der Waals surface area contributed by atoms with Crippen LogP contribution in [0, 0.1) is 11.3 Å². The van der Waals surface area contributed by atoms with E-state index in [1.54, 1.807) is 66.7 Å². The molecule has 1 spiro atoms. The molecule has 0 bridgehead atoms. The molecule has 9 nitrogen and oxygen atoms in total. The Morgan fingerprint density at radius 1 is 1.12 bits per heavy atom. The summed E-state index contributed by atoms with van der Waals surface area (Å²) < 4.78 is 19.2. The Morgan fingerprint density at radius 3 is 2.56 bits per heavy atom. The molecule has 0 unspecified atom stereocenters. The lowest BCUT2D eigenvalue weighted by Gasteiger charge is -2.33. The standard InChI is InChI=1S/C31H34FI2N7O2/c1-37-11-9-30(28(37)42)10-12-39(18-30)15-20-13-24(31(32,33)34)25-17-40(29(43)41(25)16-20)23-8-4-7-22(14-23)26(21-5-3-6-21)27-36-35-19-38(27)2/h4,7-8,13-14,16-17,19,21,26H,3,5-6,9-12,15,18H2,1-2H3/t26-,30-/m1/s1. The van der Waals surface area contributed by atoms with Gasteiger partial charge in [0.15, 0.2) is 0 Å². The van der Waals surface area contributed by atoms with Crippen molar-refractivity contribution < 1.29 is 9.18 Å². The van der Waals surface area contributed by atoms with Crippen LogP contribution in [0.2, 0.25) is 0 Å². The summed E-state index contributed by atoms with van der Waals surface area (Å²) in [5, 5.41) is 8.58. The second-order valence-electron chi connectivity index (χ2n) is 12.6. The fourth-order valence-corrected chi connectivity index (χ4v) is 8.18. The number of rotatable bonds is 7. The molecule has 0 radical (unpaired) electrons. The van der Waals surface area contributed by atoms with Gasteiger partial charge in [0.25, 0.3) is 0 Å². The summed E-state index contributed by atoms with van der Waals surface area (Å²) in [4.78, 5) is 30.9. The van der Waals surface area contributed by atoms with E-state index in [9.17, 15) is 9.59 Å². The lowest BCUT2D eigenvalue weighted by molar-refractivity contribution is -0.134. The smallest absolute Gasteiger partial charge is 0.337 e. The minimum absolute atomic E-state index is 0.0913. The number of nitrogens with zero attached hydrogens (tertiary/aromatic N) is 7. The van der Waals surface area contributed by atoms with Gasteiger partial charge in [-0.1, -0.05) is 18.6 Å². The first kappa shape index (κ1) is 29.4. The molecule has 2 atom stereocenters. The maximum absolute atomic E-state index is 15.7. The fourth-order valence-electron chi connectivity index (χ4n) is 7.32. The van der Waals surface area contributed by atoms with E-state index in [0.717, 1.165) is 61.4 Å². The number of hydrogen-bond donors (Lipinski definition) is 0. The molecule has 3 aromatic heterocycles. The van der Waals surface area contributed by atoms with Crippen LogP contribution in [0.5, 0.6) is 0 Å². The maximum Gasteiger partial charge on any atom is 0.337 e. The van der Waals surface area contributed by atoms with Crippen LogP contribution in [-0.2, 0) is 20.1 Å². The number of imidazole rings is 1. The van der Waals surface area contributed by atoms with Crippen molar-refractivity contribution in [2.45, 2.75) is 46.2 Å². The summed E-state index contributed by atoms with van der Waals surface area (Å²) in [5.74, 6) is 1.72. The molecule has 226 valence electrons. The van der Waals surface area contributed by atoms with Crippen molar-refractivity contribution in [3.05, 3.63) is 82.1 Å². The average Bonchev–Trinajstić information content (AvgIpc) is 3.70. The van der Waals surface area contributed by atoms with E-state index in [1.807, 2.05) is 48.0 Å². The van der Waals surface area contributed by atoms with Crippen LogP contribution in [-0.4, -0.2) is 66.1 Å². The largest absolute Gasteiger partial charge is 0.345 e. The number of amides is 1. The first-order valence-corrected chi connectivity index (χ1v) is 17.0. The highest BCUT2D eigenvalue weighted by atomic mass is 127. The molecule has 43 heavy (non-hydrogen) atoms. The lowest BCUT2D eigenvalue weighted by atomic mass is 9.72. The Kier molecular flexibility index (Phi) is 7.47. The van der Waals surface area contributed by atoms with E-state index in [2.05, 4.69) is 27.2 Å². The third-order valence-electron chi connectivity index (χ3n) is 9.85. The van der Waals surface area contributed by atoms with Crippen molar-refractivity contribution in [2.24, 2.45) is 18.4 Å². The van der Waals surface area contributed by atoms with E-state index < -0.39 is 1.68 Å². The van der Waals surface area contributed by atoms with Crippen LogP contribution < -0.4 is 5.69 Å². The van der Waals surface area contributed by atoms with Gasteiger partial charge < -0.3 is 9.47 Å². The molecular weight excluding hydrogens is 775 g/mol. The molecular formula is C31H34FI2N7O2. The molecule has 5 heterocycles. The van der Waals surface area contributed by atoms with Crippen molar-refractivity contribution in [1.29, 1.82) is 0 Å². The fraction of sp³-hybridized carbons (Fsp3) is 0.484. The Bertz CT molecular complexity index is 1770. The number of pyridine rings is 1. The number of hydrogen-bond acceptors (Lipinski definition) is 5. The molecule has 12 heteroatoms. The third-order valence-corrected chi connectivity index (χ3v) is 11.0. The summed E-state index contributed by atoms with van der Waals surface area (Å²) in [6.07, 6.45) is 10.5. The minimum Gasteiger partial charge on any atom is -0.345 e. The van der Waals surface area contributed by atoms with E-state index in [0.29, 0.717) is 30.1 Å². The SMILES string of the molecule is CN1CC[C@]2(CCN(Cc3cc(C(F)(I)I)c4cn(-c5cccc([C@H](c6nncn6C)C6CCC6)c5)c(=O)n4c3)C2)C1=O. The first-order valence-electron chi connectivity index (χ1n) is 14.8. The lowest BCUT2D eigenvalue weighted by Crippen LogP contribution is -2.35. The van der Waals surface area contributed by atoms with Crippen molar-refractivity contribution >= 4 is 56.6 Å².